The second kappa shape index (κ2) is 4.44. The van der Waals surface area contributed by atoms with E-state index in [1.54, 1.807) is 6.07 Å². The van der Waals surface area contributed by atoms with Gasteiger partial charge in [0.1, 0.15) is 5.82 Å². The lowest BCUT2D eigenvalue weighted by Crippen LogP contribution is -2.11. The van der Waals surface area contributed by atoms with E-state index < -0.39 is 0 Å². The van der Waals surface area contributed by atoms with Crippen LogP contribution in [-0.4, -0.2) is 16.0 Å². The van der Waals surface area contributed by atoms with Crippen LogP contribution in [0.1, 0.15) is 13.8 Å². The molecular formula is C11H11Cl2N3. The zero-order chi connectivity index (χ0) is 11.7. The first-order valence-electron chi connectivity index (χ1n) is 4.95. The molecule has 5 heteroatoms. The number of benzene rings is 1. The van der Waals surface area contributed by atoms with Crippen molar-refractivity contribution in [3.05, 3.63) is 28.5 Å². The van der Waals surface area contributed by atoms with E-state index in [1.807, 2.05) is 26.0 Å². The Kier molecular flexibility index (Phi) is 3.17. The van der Waals surface area contributed by atoms with Gasteiger partial charge in [-0.25, -0.2) is 9.97 Å². The second-order valence-corrected chi connectivity index (χ2v) is 4.58. The molecule has 1 N–H and O–H groups in total. The lowest BCUT2D eigenvalue weighted by atomic mass is 10.2. The van der Waals surface area contributed by atoms with Crippen LogP contribution in [0.3, 0.4) is 0 Å². The van der Waals surface area contributed by atoms with E-state index in [2.05, 4.69) is 15.3 Å². The molecule has 0 amide bonds. The van der Waals surface area contributed by atoms with Gasteiger partial charge in [-0.15, -0.1) is 0 Å². The van der Waals surface area contributed by atoms with Crippen molar-refractivity contribution in [1.29, 1.82) is 0 Å². The summed E-state index contributed by atoms with van der Waals surface area (Å²) in [5.41, 5.74) is 0.785. The van der Waals surface area contributed by atoms with Crippen LogP contribution in [0.15, 0.2) is 18.2 Å². The van der Waals surface area contributed by atoms with Gasteiger partial charge in [-0.1, -0.05) is 11.6 Å². The van der Waals surface area contributed by atoms with Crippen LogP contribution in [0, 0.1) is 0 Å². The maximum absolute atomic E-state index is 5.95. The summed E-state index contributed by atoms with van der Waals surface area (Å²) in [6.07, 6.45) is 0. The van der Waals surface area contributed by atoms with Crippen molar-refractivity contribution >= 4 is 39.9 Å². The fourth-order valence-electron chi connectivity index (χ4n) is 1.46. The Morgan fingerprint density at radius 1 is 1.19 bits per heavy atom. The number of nitrogens with zero attached hydrogens (tertiary/aromatic N) is 2. The number of rotatable bonds is 2. The molecule has 2 rings (SSSR count). The summed E-state index contributed by atoms with van der Waals surface area (Å²) in [4.78, 5) is 8.31. The summed E-state index contributed by atoms with van der Waals surface area (Å²) >= 11 is 11.8. The number of hydrogen-bond acceptors (Lipinski definition) is 3. The molecule has 84 valence electrons. The zero-order valence-corrected chi connectivity index (χ0v) is 10.5. The van der Waals surface area contributed by atoms with Gasteiger partial charge < -0.3 is 5.32 Å². The number of anilines is 1. The van der Waals surface area contributed by atoms with Gasteiger partial charge in [-0.05, 0) is 43.6 Å². The quantitative estimate of drug-likeness (QED) is 0.831. The predicted molar refractivity (Wildman–Crippen MR) is 68.3 cm³/mol. The highest BCUT2D eigenvalue weighted by molar-refractivity contribution is 6.31. The van der Waals surface area contributed by atoms with Gasteiger partial charge in [0.15, 0.2) is 0 Å². The zero-order valence-electron chi connectivity index (χ0n) is 8.96. The minimum Gasteiger partial charge on any atom is -0.367 e. The maximum Gasteiger partial charge on any atom is 0.224 e. The maximum atomic E-state index is 5.95. The van der Waals surface area contributed by atoms with Crippen molar-refractivity contribution in [2.24, 2.45) is 0 Å². The molecule has 0 aliphatic rings. The summed E-state index contributed by atoms with van der Waals surface area (Å²) in [6, 6.07) is 5.72. The van der Waals surface area contributed by atoms with Crippen LogP contribution in [-0.2, 0) is 0 Å². The summed E-state index contributed by atoms with van der Waals surface area (Å²) in [5, 5.41) is 4.99. The molecule has 0 atom stereocenters. The van der Waals surface area contributed by atoms with Crippen LogP contribution >= 0.6 is 23.2 Å². The Morgan fingerprint density at radius 2 is 1.94 bits per heavy atom. The van der Waals surface area contributed by atoms with Crippen molar-refractivity contribution < 1.29 is 0 Å². The third-order valence-electron chi connectivity index (χ3n) is 2.06. The average Bonchev–Trinajstić information content (AvgIpc) is 2.18. The average molecular weight is 256 g/mol. The summed E-state index contributed by atoms with van der Waals surface area (Å²) in [7, 11) is 0. The lowest BCUT2D eigenvalue weighted by molar-refractivity contribution is 0.890. The molecule has 1 heterocycles. The van der Waals surface area contributed by atoms with Gasteiger partial charge >= 0.3 is 0 Å². The molecule has 16 heavy (non-hydrogen) atoms. The predicted octanol–water partition coefficient (Wildman–Crippen LogP) is 3.76. The van der Waals surface area contributed by atoms with Crippen molar-refractivity contribution in [1.82, 2.24) is 9.97 Å². The molecule has 0 radical (unpaired) electrons. The summed E-state index contributed by atoms with van der Waals surface area (Å²) in [5.74, 6) is 0.715. The van der Waals surface area contributed by atoms with Gasteiger partial charge in [0, 0.05) is 16.5 Å². The molecule has 2 aromatic rings. The van der Waals surface area contributed by atoms with E-state index in [-0.39, 0.29) is 11.3 Å². The lowest BCUT2D eigenvalue weighted by Gasteiger charge is -2.11. The molecule has 0 aliphatic carbocycles. The van der Waals surface area contributed by atoms with Crippen molar-refractivity contribution in [2.75, 3.05) is 5.32 Å². The Hall–Kier alpha value is -1.06. The molecule has 3 nitrogen and oxygen atoms in total. The largest absolute Gasteiger partial charge is 0.367 e. The Balaban J connectivity index is 2.64. The molecule has 0 aliphatic heterocycles. The van der Waals surface area contributed by atoms with Crippen LogP contribution in [0.4, 0.5) is 5.82 Å². The van der Waals surface area contributed by atoms with E-state index >= 15 is 0 Å². The summed E-state index contributed by atoms with van der Waals surface area (Å²) in [6.45, 7) is 4.07. The van der Waals surface area contributed by atoms with Gasteiger partial charge in [0.2, 0.25) is 5.28 Å². The van der Waals surface area contributed by atoms with Crippen molar-refractivity contribution in [3.63, 3.8) is 0 Å². The Labute approximate surface area is 104 Å². The van der Waals surface area contributed by atoms with Crippen LogP contribution in [0.5, 0.6) is 0 Å². The van der Waals surface area contributed by atoms with Crippen molar-refractivity contribution in [2.45, 2.75) is 19.9 Å². The van der Waals surface area contributed by atoms with Crippen LogP contribution in [0.2, 0.25) is 10.3 Å². The second-order valence-electron chi connectivity index (χ2n) is 3.80. The first-order chi connectivity index (χ1) is 7.56. The monoisotopic (exact) mass is 255 g/mol. The van der Waals surface area contributed by atoms with Gasteiger partial charge in [-0.3, -0.25) is 0 Å². The molecule has 0 saturated heterocycles. The van der Waals surface area contributed by atoms with Crippen LogP contribution < -0.4 is 5.32 Å². The van der Waals surface area contributed by atoms with Gasteiger partial charge in [0.05, 0.1) is 5.52 Å². The molecule has 0 saturated carbocycles. The fraction of sp³-hybridized carbons (Fsp3) is 0.273. The molecule has 0 spiro atoms. The first kappa shape index (κ1) is 11.4. The number of aromatic nitrogens is 2. The van der Waals surface area contributed by atoms with E-state index in [0.717, 1.165) is 10.9 Å². The summed E-state index contributed by atoms with van der Waals surface area (Å²) < 4.78 is 0. The third kappa shape index (κ3) is 2.36. The van der Waals surface area contributed by atoms with Gasteiger partial charge in [-0.2, -0.15) is 0 Å². The first-order valence-corrected chi connectivity index (χ1v) is 5.71. The Morgan fingerprint density at radius 3 is 2.62 bits per heavy atom. The van der Waals surface area contributed by atoms with E-state index in [1.165, 1.54) is 0 Å². The van der Waals surface area contributed by atoms with Crippen molar-refractivity contribution in [3.8, 4) is 0 Å². The molecule has 0 unspecified atom stereocenters. The number of hydrogen-bond donors (Lipinski definition) is 1. The number of nitrogens with one attached hydrogen (secondary N) is 1. The molecule has 1 aromatic carbocycles. The highest BCUT2D eigenvalue weighted by atomic mass is 35.5. The highest BCUT2D eigenvalue weighted by Gasteiger charge is 2.07. The smallest absolute Gasteiger partial charge is 0.224 e. The highest BCUT2D eigenvalue weighted by Crippen LogP contribution is 2.25. The minimum atomic E-state index is 0.234. The van der Waals surface area contributed by atoms with E-state index in [4.69, 9.17) is 23.2 Å². The minimum absolute atomic E-state index is 0.234. The van der Waals surface area contributed by atoms with E-state index in [0.29, 0.717) is 10.8 Å². The topological polar surface area (TPSA) is 37.8 Å². The standard InChI is InChI=1S/C11H11Cl2N3/c1-6(2)14-10-8-5-7(12)3-4-9(8)15-11(13)16-10/h3-6H,1-2H3,(H,14,15,16). The molecule has 1 aromatic heterocycles. The SMILES string of the molecule is CC(C)Nc1nc(Cl)nc2ccc(Cl)cc12. The van der Waals surface area contributed by atoms with Gasteiger partial charge in [0.25, 0.3) is 0 Å². The number of fused-ring (bicyclic) bond motifs is 1. The number of halogens is 2. The molecule has 0 bridgehead atoms. The van der Waals surface area contributed by atoms with E-state index in [9.17, 15) is 0 Å². The fourth-order valence-corrected chi connectivity index (χ4v) is 1.80. The molecule has 0 fully saturated rings. The van der Waals surface area contributed by atoms with Crippen LogP contribution in [0.25, 0.3) is 10.9 Å². The Bertz CT molecular complexity index is 526. The third-order valence-corrected chi connectivity index (χ3v) is 2.46. The molecular weight excluding hydrogens is 245 g/mol. The normalized spacial score (nSPS) is 11.1.